The number of esters is 1. The third kappa shape index (κ3) is 6.41. The number of urea groups is 1. The first-order valence-corrected chi connectivity index (χ1v) is 7.20. The molecule has 1 rings (SSSR count). The first-order chi connectivity index (χ1) is 10.6. The number of nitrogens with one attached hydrogen (secondary N) is 2. The first-order valence-electron chi connectivity index (χ1n) is 7.20. The molecule has 0 aliphatic rings. The van der Waals surface area contributed by atoms with Crippen molar-refractivity contribution in [3.63, 3.8) is 0 Å². The summed E-state index contributed by atoms with van der Waals surface area (Å²) in [4.78, 5) is 23.5. The van der Waals surface area contributed by atoms with Crippen molar-refractivity contribution in [1.82, 2.24) is 15.8 Å². The van der Waals surface area contributed by atoms with Crippen molar-refractivity contribution >= 4 is 12.0 Å². The number of nitrogens with zero attached hydrogens (tertiary/aromatic N) is 1. The second-order valence-corrected chi connectivity index (χ2v) is 4.69. The van der Waals surface area contributed by atoms with Crippen LogP contribution in [-0.4, -0.2) is 36.7 Å². The lowest BCUT2D eigenvalue weighted by molar-refractivity contribution is -0.144. The smallest absolute Gasteiger partial charge is 0.329 e. The highest BCUT2D eigenvalue weighted by Crippen LogP contribution is 2.10. The fraction of sp³-hybridized carbons (Fsp3) is 0.375. The van der Waals surface area contributed by atoms with Gasteiger partial charge in [0.1, 0.15) is 6.54 Å². The van der Waals surface area contributed by atoms with Crippen LogP contribution < -0.4 is 10.7 Å². The Bertz CT molecular complexity index is 491. The SMILES string of the molecule is C=CCN(CC(=O)OCC)NC(=O)N[C@@H](C)c1ccccc1. The van der Waals surface area contributed by atoms with Crippen molar-refractivity contribution in [2.75, 3.05) is 19.7 Å². The van der Waals surface area contributed by atoms with E-state index in [4.69, 9.17) is 4.74 Å². The average molecular weight is 305 g/mol. The van der Waals surface area contributed by atoms with E-state index in [1.54, 1.807) is 13.0 Å². The Labute approximate surface area is 131 Å². The lowest BCUT2D eigenvalue weighted by atomic mass is 10.1. The van der Waals surface area contributed by atoms with Gasteiger partial charge >= 0.3 is 12.0 Å². The zero-order valence-corrected chi connectivity index (χ0v) is 13.0. The number of rotatable bonds is 8. The molecule has 6 heteroatoms. The Morgan fingerprint density at radius 1 is 1.36 bits per heavy atom. The Kier molecular flexibility index (Phi) is 7.70. The van der Waals surface area contributed by atoms with Crippen molar-refractivity contribution in [3.8, 4) is 0 Å². The summed E-state index contributed by atoms with van der Waals surface area (Å²) >= 11 is 0. The van der Waals surface area contributed by atoms with Crippen LogP contribution in [0.2, 0.25) is 0 Å². The number of hydrazine groups is 1. The molecule has 1 atom stereocenters. The third-order valence-corrected chi connectivity index (χ3v) is 2.88. The van der Waals surface area contributed by atoms with Gasteiger partial charge in [0.15, 0.2) is 0 Å². The molecule has 2 amide bonds. The topological polar surface area (TPSA) is 70.7 Å². The molecular formula is C16H23N3O3. The lowest BCUT2D eigenvalue weighted by Gasteiger charge is -2.22. The average Bonchev–Trinajstić information content (AvgIpc) is 2.48. The van der Waals surface area contributed by atoms with Gasteiger partial charge in [0.25, 0.3) is 0 Å². The van der Waals surface area contributed by atoms with Crippen LogP contribution in [0.5, 0.6) is 0 Å². The van der Waals surface area contributed by atoms with Gasteiger partial charge in [-0.2, -0.15) is 0 Å². The fourth-order valence-corrected chi connectivity index (χ4v) is 1.87. The molecule has 0 bridgehead atoms. The quantitative estimate of drug-likeness (QED) is 0.438. The van der Waals surface area contributed by atoms with Crippen LogP contribution in [-0.2, 0) is 9.53 Å². The molecule has 22 heavy (non-hydrogen) atoms. The summed E-state index contributed by atoms with van der Waals surface area (Å²) in [6, 6.07) is 9.08. The highest BCUT2D eigenvalue weighted by Gasteiger charge is 2.15. The van der Waals surface area contributed by atoms with Crippen molar-refractivity contribution in [2.24, 2.45) is 0 Å². The first kappa shape index (κ1) is 17.7. The van der Waals surface area contributed by atoms with Gasteiger partial charge in [0.2, 0.25) is 0 Å². The van der Waals surface area contributed by atoms with Gasteiger partial charge < -0.3 is 10.1 Å². The van der Waals surface area contributed by atoms with Crippen LogP contribution in [0.1, 0.15) is 25.5 Å². The molecule has 1 aromatic carbocycles. The van der Waals surface area contributed by atoms with Gasteiger partial charge in [0.05, 0.1) is 12.6 Å². The molecule has 0 unspecified atom stereocenters. The highest BCUT2D eigenvalue weighted by atomic mass is 16.5. The molecule has 0 spiro atoms. The summed E-state index contributed by atoms with van der Waals surface area (Å²) in [5.41, 5.74) is 3.62. The summed E-state index contributed by atoms with van der Waals surface area (Å²) in [5.74, 6) is -0.402. The summed E-state index contributed by atoms with van der Waals surface area (Å²) in [6.07, 6.45) is 1.60. The van der Waals surface area contributed by atoms with Crippen molar-refractivity contribution in [3.05, 3.63) is 48.6 Å². The van der Waals surface area contributed by atoms with Gasteiger partial charge in [-0.1, -0.05) is 36.4 Å². The number of benzene rings is 1. The molecule has 6 nitrogen and oxygen atoms in total. The van der Waals surface area contributed by atoms with E-state index in [-0.39, 0.29) is 18.6 Å². The second kappa shape index (κ2) is 9.57. The molecule has 0 fully saturated rings. The van der Waals surface area contributed by atoms with Gasteiger partial charge in [-0.3, -0.25) is 10.2 Å². The van der Waals surface area contributed by atoms with Gasteiger partial charge in [-0.15, -0.1) is 6.58 Å². The molecule has 120 valence electrons. The number of ether oxygens (including phenoxy) is 1. The molecule has 0 aromatic heterocycles. The zero-order chi connectivity index (χ0) is 16.4. The predicted octanol–water partition coefficient (Wildman–Crippen LogP) is 2.01. The van der Waals surface area contributed by atoms with E-state index in [0.29, 0.717) is 13.2 Å². The zero-order valence-electron chi connectivity index (χ0n) is 13.0. The van der Waals surface area contributed by atoms with Gasteiger partial charge in [-0.25, -0.2) is 9.80 Å². The Morgan fingerprint density at radius 2 is 2.05 bits per heavy atom. The number of hydrogen-bond acceptors (Lipinski definition) is 4. The largest absolute Gasteiger partial charge is 0.465 e. The highest BCUT2D eigenvalue weighted by molar-refractivity contribution is 5.75. The maximum atomic E-state index is 12.0. The van der Waals surface area contributed by atoms with Crippen LogP contribution >= 0.6 is 0 Å². The normalized spacial score (nSPS) is 11.6. The summed E-state index contributed by atoms with van der Waals surface area (Å²) in [7, 11) is 0. The van der Waals surface area contributed by atoms with Crippen molar-refractivity contribution in [1.29, 1.82) is 0 Å². The standard InChI is InChI=1S/C16H23N3O3/c1-4-11-19(12-15(20)22-5-2)18-16(21)17-13(3)14-9-7-6-8-10-14/h4,6-10,13H,1,5,11-12H2,2-3H3,(H2,17,18,21)/t13-/m0/s1. The minimum atomic E-state index is -0.402. The maximum Gasteiger partial charge on any atom is 0.329 e. The molecule has 1 aromatic rings. The van der Waals surface area contributed by atoms with Crippen molar-refractivity contribution in [2.45, 2.75) is 19.9 Å². The van der Waals surface area contributed by atoms with Crippen LogP contribution in [0.25, 0.3) is 0 Å². The Hall–Kier alpha value is -2.34. The summed E-state index contributed by atoms with van der Waals surface area (Å²) in [5, 5.41) is 4.25. The fourth-order valence-electron chi connectivity index (χ4n) is 1.87. The molecule has 0 radical (unpaired) electrons. The van der Waals surface area contributed by atoms with Gasteiger partial charge in [0, 0.05) is 6.54 Å². The summed E-state index contributed by atoms with van der Waals surface area (Å²) in [6.45, 7) is 7.83. The molecule has 2 N–H and O–H groups in total. The van der Waals surface area contributed by atoms with Crippen molar-refractivity contribution < 1.29 is 14.3 Å². The van der Waals surface area contributed by atoms with Crippen LogP contribution in [0, 0.1) is 0 Å². The molecule has 0 saturated heterocycles. The monoisotopic (exact) mass is 305 g/mol. The Morgan fingerprint density at radius 3 is 2.64 bits per heavy atom. The third-order valence-electron chi connectivity index (χ3n) is 2.88. The van der Waals surface area contributed by atoms with E-state index >= 15 is 0 Å². The Balaban J connectivity index is 2.52. The van der Waals surface area contributed by atoms with E-state index in [1.165, 1.54) is 5.01 Å². The molecule has 0 aliphatic heterocycles. The molecule has 0 aliphatic carbocycles. The lowest BCUT2D eigenvalue weighted by Crippen LogP contribution is -2.49. The van der Waals surface area contributed by atoms with E-state index in [0.717, 1.165) is 5.56 Å². The predicted molar refractivity (Wildman–Crippen MR) is 84.9 cm³/mol. The molecule has 0 saturated carbocycles. The number of amides is 2. The van der Waals surface area contributed by atoms with Crippen LogP contribution in [0.4, 0.5) is 4.79 Å². The number of carbonyl (C=O) groups is 2. The van der Waals surface area contributed by atoms with E-state index in [1.807, 2.05) is 37.3 Å². The molecule has 0 heterocycles. The van der Waals surface area contributed by atoms with E-state index in [9.17, 15) is 9.59 Å². The minimum absolute atomic E-state index is 0.0347. The molecular weight excluding hydrogens is 282 g/mol. The number of carbonyl (C=O) groups excluding carboxylic acids is 2. The second-order valence-electron chi connectivity index (χ2n) is 4.69. The number of hydrogen-bond donors (Lipinski definition) is 2. The maximum absolute atomic E-state index is 12.0. The minimum Gasteiger partial charge on any atom is -0.465 e. The van der Waals surface area contributed by atoms with E-state index < -0.39 is 5.97 Å². The summed E-state index contributed by atoms with van der Waals surface area (Å²) < 4.78 is 4.86. The van der Waals surface area contributed by atoms with Crippen LogP contribution in [0.15, 0.2) is 43.0 Å². The van der Waals surface area contributed by atoms with Gasteiger partial charge in [-0.05, 0) is 19.4 Å². The van der Waals surface area contributed by atoms with Crippen LogP contribution in [0.3, 0.4) is 0 Å². The van der Waals surface area contributed by atoms with E-state index in [2.05, 4.69) is 17.3 Å².